The highest BCUT2D eigenvalue weighted by molar-refractivity contribution is 7.13. The summed E-state index contributed by atoms with van der Waals surface area (Å²) in [7, 11) is 2.04. The molecule has 0 bridgehead atoms. The van der Waals surface area contributed by atoms with Gasteiger partial charge in [0.25, 0.3) is 0 Å². The Labute approximate surface area is 184 Å². The van der Waals surface area contributed by atoms with E-state index in [9.17, 15) is 13.2 Å². The number of fused-ring (bicyclic) bond motifs is 3. The van der Waals surface area contributed by atoms with Gasteiger partial charge in [0.1, 0.15) is 5.82 Å². The maximum absolute atomic E-state index is 10.6. The third-order valence-corrected chi connectivity index (χ3v) is 5.39. The molecule has 4 rings (SSSR count). The number of nitrogens with two attached hydrogens (primary N) is 1. The van der Waals surface area contributed by atoms with Gasteiger partial charge in [0.15, 0.2) is 0 Å². The molecule has 0 aliphatic heterocycles. The van der Waals surface area contributed by atoms with Crippen molar-refractivity contribution in [2.24, 2.45) is 7.05 Å². The maximum atomic E-state index is 10.6. The second-order valence-corrected chi connectivity index (χ2v) is 7.67. The number of benzene rings is 1. The van der Waals surface area contributed by atoms with E-state index in [2.05, 4.69) is 55.7 Å². The first-order valence-corrected chi connectivity index (χ1v) is 10.3. The fourth-order valence-corrected chi connectivity index (χ4v) is 3.91. The summed E-state index contributed by atoms with van der Waals surface area (Å²) >= 11 is 1.71. The number of aliphatic hydroxyl groups is 1. The van der Waals surface area contributed by atoms with Crippen molar-refractivity contribution in [2.75, 3.05) is 24.2 Å². The van der Waals surface area contributed by atoms with Gasteiger partial charge in [-0.25, -0.2) is 9.78 Å². The van der Waals surface area contributed by atoms with Crippen molar-refractivity contribution in [1.82, 2.24) is 14.5 Å². The average molecular weight is 467 g/mol. The van der Waals surface area contributed by atoms with Crippen molar-refractivity contribution in [2.45, 2.75) is 12.6 Å². The van der Waals surface area contributed by atoms with Crippen molar-refractivity contribution in [3.05, 3.63) is 35.8 Å². The lowest BCUT2D eigenvalue weighted by atomic mass is 10.0. The summed E-state index contributed by atoms with van der Waals surface area (Å²) in [6.45, 7) is 0.762. The molecule has 0 fully saturated rings. The highest BCUT2D eigenvalue weighted by atomic mass is 32.1. The zero-order valence-corrected chi connectivity index (χ0v) is 17.7. The Morgan fingerprint density at radius 2 is 2.03 bits per heavy atom. The number of carbonyl (C=O) groups is 1. The number of aliphatic carboxylic acids is 1. The van der Waals surface area contributed by atoms with Crippen LogP contribution in [0.15, 0.2) is 35.8 Å². The zero-order chi connectivity index (χ0) is 23.5. The highest BCUT2D eigenvalue weighted by Gasteiger charge is 2.38. The molecule has 0 aliphatic carbocycles. The zero-order valence-electron chi connectivity index (χ0n) is 16.8. The summed E-state index contributed by atoms with van der Waals surface area (Å²) in [5, 5.41) is 23.6. The van der Waals surface area contributed by atoms with Crippen molar-refractivity contribution < 1.29 is 28.2 Å². The van der Waals surface area contributed by atoms with Crippen LogP contribution >= 0.6 is 11.3 Å². The van der Waals surface area contributed by atoms with E-state index in [1.165, 1.54) is 4.88 Å². The van der Waals surface area contributed by atoms with Gasteiger partial charge in [0.2, 0.25) is 5.95 Å². The number of carboxylic acids is 1. The number of hydrogen-bond donors (Lipinski definition) is 4. The molecule has 0 saturated carbocycles. The van der Waals surface area contributed by atoms with Gasteiger partial charge in [-0.05, 0) is 30.0 Å². The van der Waals surface area contributed by atoms with E-state index < -0.39 is 12.1 Å². The van der Waals surface area contributed by atoms with E-state index in [0.717, 1.165) is 27.4 Å². The van der Waals surface area contributed by atoms with Gasteiger partial charge in [-0.15, -0.1) is 11.3 Å². The van der Waals surface area contributed by atoms with Crippen LogP contribution in [0.3, 0.4) is 0 Å². The Morgan fingerprint density at radius 1 is 1.31 bits per heavy atom. The quantitative estimate of drug-likeness (QED) is 0.328. The Kier molecular flexibility index (Phi) is 6.84. The molecular formula is C20H20F3N5O3S. The van der Waals surface area contributed by atoms with E-state index in [1.54, 1.807) is 11.3 Å². The van der Waals surface area contributed by atoms with Crippen LogP contribution in [0.1, 0.15) is 6.42 Å². The van der Waals surface area contributed by atoms with Crippen LogP contribution in [0.5, 0.6) is 0 Å². The number of rotatable bonds is 5. The number of aryl methyl sites for hydroxylation is 1. The maximum Gasteiger partial charge on any atom is 0.490 e. The summed E-state index contributed by atoms with van der Waals surface area (Å²) in [6.07, 6.45) is -2.38. The molecule has 0 unspecified atom stereocenters. The monoisotopic (exact) mass is 467 g/mol. The first kappa shape index (κ1) is 23.3. The molecular weight excluding hydrogens is 447 g/mol. The van der Waals surface area contributed by atoms with E-state index in [-0.39, 0.29) is 12.6 Å². The summed E-state index contributed by atoms with van der Waals surface area (Å²) < 4.78 is 33.9. The second kappa shape index (κ2) is 9.40. The van der Waals surface area contributed by atoms with Crippen molar-refractivity contribution in [3.8, 4) is 10.4 Å². The Balaban J connectivity index is 0.000000360. The minimum Gasteiger partial charge on any atom is -0.475 e. The van der Waals surface area contributed by atoms with Gasteiger partial charge >= 0.3 is 12.1 Å². The van der Waals surface area contributed by atoms with Gasteiger partial charge in [-0.2, -0.15) is 18.2 Å². The van der Waals surface area contributed by atoms with Crippen molar-refractivity contribution in [3.63, 3.8) is 0 Å². The molecule has 12 heteroatoms. The number of nitrogen functional groups attached to an aromatic ring is 1. The third-order valence-electron chi connectivity index (χ3n) is 4.49. The van der Waals surface area contributed by atoms with E-state index in [4.69, 9.17) is 20.7 Å². The lowest BCUT2D eigenvalue weighted by molar-refractivity contribution is -0.192. The predicted octanol–water partition coefficient (Wildman–Crippen LogP) is 3.86. The lowest BCUT2D eigenvalue weighted by Crippen LogP contribution is -2.21. The molecule has 5 N–H and O–H groups in total. The fourth-order valence-electron chi connectivity index (χ4n) is 3.17. The molecule has 8 nitrogen and oxygen atoms in total. The molecule has 0 saturated heterocycles. The van der Waals surface area contributed by atoms with Gasteiger partial charge in [0.05, 0.1) is 16.4 Å². The van der Waals surface area contributed by atoms with Crippen LogP contribution in [0.4, 0.5) is 24.9 Å². The molecule has 0 spiro atoms. The van der Waals surface area contributed by atoms with Crippen LogP contribution < -0.4 is 11.1 Å². The first-order valence-electron chi connectivity index (χ1n) is 9.37. The second-order valence-electron chi connectivity index (χ2n) is 6.72. The van der Waals surface area contributed by atoms with Gasteiger partial charge in [0, 0.05) is 42.2 Å². The summed E-state index contributed by atoms with van der Waals surface area (Å²) in [6, 6.07) is 8.34. The molecule has 0 atom stereocenters. The SMILES string of the molecule is Cn1ccc2c3c(NCCCO)nc(N)nc3cc(-c3cccs3)c21.O=C(O)C(F)(F)F. The largest absolute Gasteiger partial charge is 0.490 e. The molecule has 3 heterocycles. The number of anilines is 2. The topological polar surface area (TPSA) is 126 Å². The molecule has 3 aromatic heterocycles. The number of thiophene rings is 1. The number of nitrogens with zero attached hydrogens (tertiary/aromatic N) is 3. The number of hydrogen-bond acceptors (Lipinski definition) is 7. The normalized spacial score (nSPS) is 11.4. The highest BCUT2D eigenvalue weighted by Crippen LogP contribution is 2.38. The van der Waals surface area contributed by atoms with Crippen LogP contribution in [0.25, 0.3) is 32.2 Å². The number of carboxylic acid groups (broad SMARTS) is 1. The first-order chi connectivity index (χ1) is 15.1. The Hall–Kier alpha value is -3.38. The minimum absolute atomic E-state index is 0.134. The summed E-state index contributed by atoms with van der Waals surface area (Å²) in [5.74, 6) is -1.80. The number of aromatic nitrogens is 3. The van der Waals surface area contributed by atoms with Crippen LogP contribution in [-0.4, -0.2) is 50.0 Å². The van der Waals surface area contributed by atoms with Crippen LogP contribution in [-0.2, 0) is 11.8 Å². The van der Waals surface area contributed by atoms with Crippen LogP contribution in [0.2, 0.25) is 0 Å². The minimum atomic E-state index is -5.08. The molecule has 1 aromatic carbocycles. The molecule has 4 aromatic rings. The number of aliphatic hydroxyl groups excluding tert-OH is 1. The third kappa shape index (κ3) is 4.92. The van der Waals surface area contributed by atoms with Gasteiger partial charge in [-0.3, -0.25) is 0 Å². The molecule has 0 amide bonds. The van der Waals surface area contributed by atoms with E-state index >= 15 is 0 Å². The molecule has 0 aliphatic rings. The molecule has 170 valence electrons. The standard InChI is InChI=1S/C18H19N5OS.C2HF3O2/c1-23-7-5-11-15-13(10-12(16(11)23)14-4-2-9-25-14)21-18(19)22-17(15)20-6-3-8-24;3-2(4,5)1(6)7/h2,4-5,7,9-10,24H,3,6,8H2,1H3,(H3,19,20,21,22);(H,6,7). The van der Waals surface area contributed by atoms with E-state index in [1.807, 2.05) is 7.05 Å². The fraction of sp³-hybridized carbons (Fsp3) is 0.250. The Morgan fingerprint density at radius 3 is 2.62 bits per heavy atom. The lowest BCUT2D eigenvalue weighted by Gasteiger charge is -2.13. The number of halogens is 3. The summed E-state index contributed by atoms with van der Waals surface area (Å²) in [5.41, 5.74) is 9.04. The predicted molar refractivity (Wildman–Crippen MR) is 118 cm³/mol. The van der Waals surface area contributed by atoms with Gasteiger partial charge in [-0.1, -0.05) is 6.07 Å². The number of alkyl halides is 3. The van der Waals surface area contributed by atoms with Crippen molar-refractivity contribution >= 4 is 50.9 Å². The smallest absolute Gasteiger partial charge is 0.475 e. The van der Waals surface area contributed by atoms with Crippen molar-refractivity contribution in [1.29, 1.82) is 0 Å². The Bertz CT molecular complexity index is 1240. The molecule has 32 heavy (non-hydrogen) atoms. The van der Waals surface area contributed by atoms with Crippen LogP contribution in [0, 0.1) is 0 Å². The molecule has 0 radical (unpaired) electrons. The number of nitrogens with one attached hydrogen (secondary N) is 1. The summed E-state index contributed by atoms with van der Waals surface area (Å²) in [4.78, 5) is 19.0. The van der Waals surface area contributed by atoms with Gasteiger partial charge < -0.3 is 25.8 Å². The average Bonchev–Trinajstić information content (AvgIpc) is 3.37. The van der Waals surface area contributed by atoms with E-state index in [0.29, 0.717) is 18.8 Å².